The van der Waals surface area contributed by atoms with Crippen molar-refractivity contribution in [2.45, 2.75) is 18.4 Å². The molecule has 1 aliphatic rings. The van der Waals surface area contributed by atoms with Gasteiger partial charge in [-0.05, 0) is 34.8 Å². The van der Waals surface area contributed by atoms with Gasteiger partial charge in [-0.2, -0.15) is 0 Å². The summed E-state index contributed by atoms with van der Waals surface area (Å²) in [5.74, 6) is 0. The quantitative estimate of drug-likeness (QED) is 0.769. The summed E-state index contributed by atoms with van der Waals surface area (Å²) in [6, 6.07) is 2.00. The minimum Gasteiger partial charge on any atom is -0.384 e. The van der Waals surface area contributed by atoms with Gasteiger partial charge in [0.2, 0.25) is 0 Å². The normalized spacial score (nSPS) is 21.0. The van der Waals surface area contributed by atoms with Crippen LogP contribution in [0.25, 0.3) is 0 Å². The molecular formula is C7H7BrOS. The molecule has 0 atom stereocenters. The fourth-order valence-electron chi connectivity index (χ4n) is 0.922. The molecule has 0 saturated heterocycles. The molecule has 54 valence electrons. The Morgan fingerprint density at radius 2 is 2.30 bits per heavy atom. The van der Waals surface area contributed by atoms with Crippen LogP contribution >= 0.6 is 27.3 Å². The molecule has 1 aromatic heterocycles. The molecule has 0 aromatic carbocycles. The van der Waals surface area contributed by atoms with Crippen molar-refractivity contribution in [2.24, 2.45) is 0 Å². The predicted octanol–water partition coefficient (Wildman–Crippen LogP) is 2.49. The zero-order valence-electron chi connectivity index (χ0n) is 5.30. The highest BCUT2D eigenvalue weighted by atomic mass is 79.9. The summed E-state index contributed by atoms with van der Waals surface area (Å²) >= 11 is 4.97. The lowest BCUT2D eigenvalue weighted by Gasteiger charge is -2.00. The number of hydrogen-bond donors (Lipinski definition) is 1. The zero-order chi connectivity index (χ0) is 7.19. The number of aliphatic hydroxyl groups is 1. The summed E-state index contributed by atoms with van der Waals surface area (Å²) in [4.78, 5) is 1.10. The van der Waals surface area contributed by atoms with Gasteiger partial charge in [0.05, 0.1) is 5.60 Å². The average molecular weight is 219 g/mol. The third kappa shape index (κ3) is 1.02. The summed E-state index contributed by atoms with van der Waals surface area (Å²) in [5, 5.41) is 11.6. The van der Waals surface area contributed by atoms with Gasteiger partial charge in [0.15, 0.2) is 0 Å². The molecule has 10 heavy (non-hydrogen) atoms. The van der Waals surface area contributed by atoms with Crippen molar-refractivity contribution in [2.75, 3.05) is 0 Å². The number of thiophene rings is 1. The molecule has 3 heteroatoms. The Bertz CT molecular complexity index is 252. The Balaban J connectivity index is 2.34. The van der Waals surface area contributed by atoms with Crippen LogP contribution in [0.15, 0.2) is 15.9 Å². The monoisotopic (exact) mass is 218 g/mol. The topological polar surface area (TPSA) is 20.2 Å². The first kappa shape index (κ1) is 6.83. The molecule has 1 heterocycles. The van der Waals surface area contributed by atoms with Crippen molar-refractivity contribution in [3.8, 4) is 0 Å². The lowest BCUT2D eigenvalue weighted by molar-refractivity contribution is 0.155. The van der Waals surface area contributed by atoms with Crippen molar-refractivity contribution in [1.82, 2.24) is 0 Å². The van der Waals surface area contributed by atoms with Gasteiger partial charge in [0.1, 0.15) is 0 Å². The fraction of sp³-hybridized carbons (Fsp3) is 0.429. The van der Waals surface area contributed by atoms with Crippen LogP contribution in [0.3, 0.4) is 0 Å². The highest BCUT2D eigenvalue weighted by Crippen LogP contribution is 2.48. The number of rotatable bonds is 1. The van der Waals surface area contributed by atoms with E-state index < -0.39 is 5.60 Å². The van der Waals surface area contributed by atoms with Gasteiger partial charge in [-0.3, -0.25) is 0 Å². The van der Waals surface area contributed by atoms with Gasteiger partial charge in [-0.15, -0.1) is 11.3 Å². The van der Waals surface area contributed by atoms with Gasteiger partial charge in [0, 0.05) is 14.7 Å². The molecule has 1 nitrogen and oxygen atoms in total. The second-order valence-electron chi connectivity index (χ2n) is 2.66. The third-order valence-electron chi connectivity index (χ3n) is 1.75. The molecule has 0 radical (unpaired) electrons. The summed E-state index contributed by atoms with van der Waals surface area (Å²) in [7, 11) is 0. The largest absolute Gasteiger partial charge is 0.384 e. The Labute approximate surface area is 71.8 Å². The van der Waals surface area contributed by atoms with Gasteiger partial charge < -0.3 is 5.11 Å². The van der Waals surface area contributed by atoms with Crippen molar-refractivity contribution in [3.63, 3.8) is 0 Å². The molecule has 0 unspecified atom stereocenters. The van der Waals surface area contributed by atoms with Gasteiger partial charge >= 0.3 is 0 Å². The Hall–Kier alpha value is 0.140. The molecular weight excluding hydrogens is 212 g/mol. The maximum Gasteiger partial charge on any atom is 0.0990 e. The molecule has 0 spiro atoms. The summed E-state index contributed by atoms with van der Waals surface area (Å²) in [6.45, 7) is 0. The van der Waals surface area contributed by atoms with Crippen LogP contribution in [0.2, 0.25) is 0 Å². The van der Waals surface area contributed by atoms with Crippen LogP contribution in [0.1, 0.15) is 17.7 Å². The SMILES string of the molecule is OC1(c2cc(Br)cs2)CC1. The first-order valence-electron chi connectivity index (χ1n) is 3.18. The molecule has 2 rings (SSSR count). The fourth-order valence-corrected chi connectivity index (χ4v) is 2.51. The second-order valence-corrected chi connectivity index (χ2v) is 4.49. The summed E-state index contributed by atoms with van der Waals surface area (Å²) in [5.41, 5.74) is -0.448. The van der Waals surface area contributed by atoms with E-state index in [4.69, 9.17) is 0 Å². The first-order valence-corrected chi connectivity index (χ1v) is 4.85. The Morgan fingerprint density at radius 3 is 2.70 bits per heavy atom. The third-order valence-corrected chi connectivity index (χ3v) is 3.63. The minimum atomic E-state index is -0.448. The predicted molar refractivity (Wildman–Crippen MR) is 45.1 cm³/mol. The van der Waals surface area contributed by atoms with Crippen molar-refractivity contribution in [1.29, 1.82) is 0 Å². The lowest BCUT2D eigenvalue weighted by Crippen LogP contribution is -1.99. The van der Waals surface area contributed by atoms with Gasteiger partial charge in [-0.1, -0.05) is 0 Å². The summed E-state index contributed by atoms with van der Waals surface area (Å²) in [6.07, 6.45) is 1.86. The number of halogens is 1. The van der Waals surface area contributed by atoms with E-state index in [1.807, 2.05) is 11.4 Å². The van der Waals surface area contributed by atoms with E-state index >= 15 is 0 Å². The summed E-state index contributed by atoms with van der Waals surface area (Å²) < 4.78 is 1.08. The molecule has 1 fully saturated rings. The zero-order valence-corrected chi connectivity index (χ0v) is 7.70. The van der Waals surface area contributed by atoms with E-state index in [0.29, 0.717) is 0 Å². The number of hydrogen-bond acceptors (Lipinski definition) is 2. The molecule has 1 saturated carbocycles. The van der Waals surface area contributed by atoms with E-state index in [2.05, 4.69) is 15.9 Å². The molecule has 0 bridgehead atoms. The highest BCUT2D eigenvalue weighted by Gasteiger charge is 2.43. The first-order chi connectivity index (χ1) is 4.71. The van der Waals surface area contributed by atoms with Crippen LogP contribution in [0, 0.1) is 0 Å². The molecule has 0 amide bonds. The average Bonchev–Trinajstić information content (AvgIpc) is 2.45. The van der Waals surface area contributed by atoms with E-state index in [0.717, 1.165) is 22.2 Å². The van der Waals surface area contributed by atoms with Crippen molar-refractivity contribution in [3.05, 3.63) is 20.8 Å². The van der Waals surface area contributed by atoms with Gasteiger partial charge in [-0.25, -0.2) is 0 Å². The molecule has 0 aliphatic heterocycles. The molecule has 1 aliphatic carbocycles. The highest BCUT2D eigenvalue weighted by molar-refractivity contribution is 9.10. The van der Waals surface area contributed by atoms with E-state index in [9.17, 15) is 5.11 Å². The lowest BCUT2D eigenvalue weighted by atomic mass is 10.3. The van der Waals surface area contributed by atoms with Gasteiger partial charge in [0.25, 0.3) is 0 Å². The Kier molecular flexibility index (Phi) is 1.41. The van der Waals surface area contributed by atoms with Crippen molar-refractivity contribution >= 4 is 27.3 Å². The van der Waals surface area contributed by atoms with Crippen LogP contribution in [0.4, 0.5) is 0 Å². The molecule has 1 aromatic rings. The standard InChI is InChI=1S/C7H7BrOS/c8-5-3-6(10-4-5)7(9)1-2-7/h3-4,9H,1-2H2. The van der Waals surface area contributed by atoms with Crippen molar-refractivity contribution < 1.29 is 5.11 Å². The minimum absolute atomic E-state index is 0.448. The Morgan fingerprint density at radius 1 is 1.60 bits per heavy atom. The van der Waals surface area contributed by atoms with Crippen LogP contribution < -0.4 is 0 Å². The smallest absolute Gasteiger partial charge is 0.0990 e. The second kappa shape index (κ2) is 2.06. The van der Waals surface area contributed by atoms with Crippen LogP contribution in [-0.2, 0) is 5.60 Å². The maximum atomic E-state index is 9.60. The van der Waals surface area contributed by atoms with E-state index in [1.54, 1.807) is 11.3 Å². The molecule has 1 N–H and O–H groups in total. The van der Waals surface area contributed by atoms with E-state index in [-0.39, 0.29) is 0 Å². The van der Waals surface area contributed by atoms with Crippen LogP contribution in [0.5, 0.6) is 0 Å². The van der Waals surface area contributed by atoms with E-state index in [1.165, 1.54) is 0 Å². The van der Waals surface area contributed by atoms with Crippen LogP contribution in [-0.4, -0.2) is 5.11 Å². The maximum absolute atomic E-state index is 9.60.